The van der Waals surface area contributed by atoms with Crippen LogP contribution in [0, 0.1) is 11.8 Å². The van der Waals surface area contributed by atoms with Gasteiger partial charge in [-0.15, -0.1) is 21.5 Å². The summed E-state index contributed by atoms with van der Waals surface area (Å²) in [7, 11) is 1.83. The van der Waals surface area contributed by atoms with Crippen molar-refractivity contribution in [1.82, 2.24) is 29.9 Å². The minimum atomic E-state index is 0.368. The standard InChI is InChI=1S/C17H21N7OS/c1-25-14-5-4-11-7-23(9-13(11)14)17-22-21-16(15-18-10-19-20-15)24(17)8-12-3-2-6-26-12/h2-3,6,10-11,13-14H,4-5,7-9H2,1H3,(H,18,19,20)/t11-,13+,14-/m1/s1. The molecule has 1 aliphatic heterocycles. The van der Waals surface area contributed by atoms with Crippen LogP contribution >= 0.6 is 11.3 Å². The lowest BCUT2D eigenvalue weighted by molar-refractivity contribution is 0.0721. The third kappa shape index (κ3) is 2.62. The Balaban J connectivity index is 1.49. The van der Waals surface area contributed by atoms with Crippen molar-refractivity contribution in [3.05, 3.63) is 28.7 Å². The van der Waals surface area contributed by atoms with Crippen molar-refractivity contribution < 1.29 is 4.74 Å². The van der Waals surface area contributed by atoms with E-state index in [-0.39, 0.29) is 0 Å². The molecule has 0 aromatic carbocycles. The molecule has 136 valence electrons. The average Bonchev–Trinajstić information content (AvgIpc) is 3.43. The fourth-order valence-electron chi connectivity index (χ4n) is 4.39. The van der Waals surface area contributed by atoms with E-state index < -0.39 is 0 Å². The van der Waals surface area contributed by atoms with Gasteiger partial charge in [-0.3, -0.25) is 9.67 Å². The van der Waals surface area contributed by atoms with E-state index in [2.05, 4.69) is 52.4 Å². The minimum absolute atomic E-state index is 0.368. The van der Waals surface area contributed by atoms with Crippen LogP contribution < -0.4 is 4.90 Å². The van der Waals surface area contributed by atoms with E-state index in [4.69, 9.17) is 4.74 Å². The molecule has 0 unspecified atom stereocenters. The molecule has 9 heteroatoms. The van der Waals surface area contributed by atoms with Gasteiger partial charge in [0, 0.05) is 31.0 Å². The van der Waals surface area contributed by atoms with Gasteiger partial charge in [0.15, 0.2) is 5.82 Å². The second kappa shape index (κ2) is 6.48. The summed E-state index contributed by atoms with van der Waals surface area (Å²) < 4.78 is 7.85. The number of hydrogen-bond acceptors (Lipinski definition) is 7. The van der Waals surface area contributed by atoms with Gasteiger partial charge in [-0.05, 0) is 30.2 Å². The molecule has 2 fully saturated rings. The summed E-state index contributed by atoms with van der Waals surface area (Å²) >= 11 is 1.74. The van der Waals surface area contributed by atoms with E-state index in [0.717, 1.165) is 31.4 Å². The highest BCUT2D eigenvalue weighted by molar-refractivity contribution is 7.09. The molecule has 0 bridgehead atoms. The van der Waals surface area contributed by atoms with Crippen LogP contribution in [0.1, 0.15) is 17.7 Å². The van der Waals surface area contributed by atoms with Gasteiger partial charge in [0.1, 0.15) is 6.33 Å². The van der Waals surface area contributed by atoms with Gasteiger partial charge in [0.05, 0.1) is 12.6 Å². The maximum atomic E-state index is 5.70. The number of fused-ring (bicyclic) bond motifs is 1. The Kier molecular flexibility index (Phi) is 3.97. The monoisotopic (exact) mass is 371 g/mol. The molecule has 3 aromatic heterocycles. The topological polar surface area (TPSA) is 84.8 Å². The predicted molar refractivity (Wildman–Crippen MR) is 98.0 cm³/mol. The fourth-order valence-corrected chi connectivity index (χ4v) is 5.09. The summed E-state index contributed by atoms with van der Waals surface area (Å²) in [6, 6.07) is 4.21. The first-order valence-corrected chi connectivity index (χ1v) is 9.80. The number of nitrogens with one attached hydrogen (secondary N) is 1. The van der Waals surface area contributed by atoms with E-state index in [1.165, 1.54) is 24.0 Å². The Morgan fingerprint density at radius 1 is 1.31 bits per heavy atom. The highest BCUT2D eigenvalue weighted by Gasteiger charge is 2.44. The smallest absolute Gasteiger partial charge is 0.227 e. The Morgan fingerprint density at radius 2 is 2.27 bits per heavy atom. The van der Waals surface area contributed by atoms with Crippen LogP contribution in [0.4, 0.5) is 5.95 Å². The number of H-pyrrole nitrogens is 1. The van der Waals surface area contributed by atoms with Crippen molar-refractivity contribution in [1.29, 1.82) is 0 Å². The molecule has 5 rings (SSSR count). The molecule has 0 radical (unpaired) electrons. The molecule has 1 N–H and O–H groups in total. The minimum Gasteiger partial charge on any atom is -0.381 e. The van der Waals surface area contributed by atoms with Crippen molar-refractivity contribution in [2.45, 2.75) is 25.5 Å². The number of thiophene rings is 1. The quantitative estimate of drug-likeness (QED) is 0.739. The predicted octanol–water partition coefficient (Wildman–Crippen LogP) is 2.03. The number of methoxy groups -OCH3 is 1. The number of hydrogen-bond donors (Lipinski definition) is 1. The van der Waals surface area contributed by atoms with E-state index in [0.29, 0.717) is 23.8 Å². The second-order valence-electron chi connectivity index (χ2n) is 7.00. The molecular weight excluding hydrogens is 350 g/mol. The molecule has 8 nitrogen and oxygen atoms in total. The molecule has 1 saturated carbocycles. The number of rotatable bonds is 5. The second-order valence-corrected chi connectivity index (χ2v) is 8.04. The third-order valence-electron chi connectivity index (χ3n) is 5.63. The molecule has 4 heterocycles. The van der Waals surface area contributed by atoms with E-state index in [1.54, 1.807) is 11.3 Å². The first kappa shape index (κ1) is 16.0. The van der Waals surface area contributed by atoms with E-state index in [9.17, 15) is 0 Å². The summed E-state index contributed by atoms with van der Waals surface area (Å²) in [5, 5.41) is 17.9. The first-order chi connectivity index (χ1) is 12.8. The van der Waals surface area contributed by atoms with Gasteiger partial charge in [-0.2, -0.15) is 5.10 Å². The van der Waals surface area contributed by atoms with E-state index >= 15 is 0 Å². The molecule has 0 amide bonds. The van der Waals surface area contributed by atoms with Gasteiger partial charge < -0.3 is 9.64 Å². The molecule has 1 aliphatic carbocycles. The Bertz CT molecular complexity index is 860. The van der Waals surface area contributed by atoms with E-state index in [1.807, 2.05) is 7.11 Å². The lowest BCUT2D eigenvalue weighted by Gasteiger charge is -2.21. The highest BCUT2D eigenvalue weighted by atomic mass is 32.1. The Labute approximate surface area is 155 Å². The molecule has 2 aliphatic rings. The molecule has 1 saturated heterocycles. The summed E-state index contributed by atoms with van der Waals surface area (Å²) in [5.41, 5.74) is 0. The van der Waals surface area contributed by atoms with Gasteiger partial charge in [0.2, 0.25) is 11.8 Å². The molecular formula is C17H21N7OS. The normalized spacial score (nSPS) is 25.1. The summed E-state index contributed by atoms with van der Waals surface area (Å²) in [6.07, 6.45) is 4.27. The van der Waals surface area contributed by atoms with Crippen molar-refractivity contribution in [3.8, 4) is 11.6 Å². The largest absolute Gasteiger partial charge is 0.381 e. The zero-order valence-electron chi connectivity index (χ0n) is 14.6. The van der Waals surface area contributed by atoms with Crippen LogP contribution in [-0.2, 0) is 11.3 Å². The number of aromatic amines is 1. The molecule has 0 spiro atoms. The van der Waals surface area contributed by atoms with Gasteiger partial charge in [0.25, 0.3) is 0 Å². The van der Waals surface area contributed by atoms with Crippen molar-refractivity contribution in [3.63, 3.8) is 0 Å². The molecule has 3 aromatic rings. The van der Waals surface area contributed by atoms with Crippen LogP contribution in [0.25, 0.3) is 11.6 Å². The van der Waals surface area contributed by atoms with Crippen LogP contribution in [0.5, 0.6) is 0 Å². The maximum absolute atomic E-state index is 5.70. The SMILES string of the molecule is CO[C@@H]1CC[C@@H]2CN(c3nnc(-c4ncn[nH]4)n3Cc3cccs3)C[C@@H]21. The third-order valence-corrected chi connectivity index (χ3v) is 6.49. The average molecular weight is 371 g/mol. The number of anilines is 1. The zero-order chi connectivity index (χ0) is 17.5. The fraction of sp³-hybridized carbons (Fsp3) is 0.529. The Morgan fingerprint density at radius 3 is 3.04 bits per heavy atom. The Hall–Kier alpha value is -2.26. The van der Waals surface area contributed by atoms with Crippen LogP contribution in [0.15, 0.2) is 23.8 Å². The van der Waals surface area contributed by atoms with Gasteiger partial charge in [-0.25, -0.2) is 4.98 Å². The summed E-state index contributed by atoms with van der Waals surface area (Å²) in [6.45, 7) is 2.72. The lowest BCUT2D eigenvalue weighted by atomic mass is 9.99. The number of aromatic nitrogens is 6. The molecule has 26 heavy (non-hydrogen) atoms. The first-order valence-electron chi connectivity index (χ1n) is 8.92. The van der Waals surface area contributed by atoms with Crippen LogP contribution in [0.2, 0.25) is 0 Å². The van der Waals surface area contributed by atoms with Gasteiger partial charge in [-0.1, -0.05) is 6.07 Å². The number of ether oxygens (including phenoxy) is 1. The van der Waals surface area contributed by atoms with Crippen molar-refractivity contribution in [2.75, 3.05) is 25.1 Å². The van der Waals surface area contributed by atoms with Crippen molar-refractivity contribution in [2.24, 2.45) is 11.8 Å². The van der Waals surface area contributed by atoms with Crippen LogP contribution in [0.3, 0.4) is 0 Å². The van der Waals surface area contributed by atoms with Crippen molar-refractivity contribution >= 4 is 17.3 Å². The molecule has 3 atom stereocenters. The summed E-state index contributed by atoms with van der Waals surface area (Å²) in [4.78, 5) is 7.90. The lowest BCUT2D eigenvalue weighted by Crippen LogP contribution is -2.28. The van der Waals surface area contributed by atoms with Gasteiger partial charge >= 0.3 is 0 Å². The maximum Gasteiger partial charge on any atom is 0.227 e. The zero-order valence-corrected chi connectivity index (χ0v) is 15.4. The summed E-state index contributed by atoms with van der Waals surface area (Å²) in [5.74, 6) is 3.55. The number of nitrogens with zero attached hydrogens (tertiary/aromatic N) is 6. The highest BCUT2D eigenvalue weighted by Crippen LogP contribution is 2.41. The van der Waals surface area contributed by atoms with Crippen LogP contribution in [-0.4, -0.2) is 56.2 Å².